The maximum atomic E-state index is 12.2. The van der Waals surface area contributed by atoms with Gasteiger partial charge in [-0.1, -0.05) is 6.92 Å². The first-order valence-electron chi connectivity index (χ1n) is 6.91. The first-order valence-corrected chi connectivity index (χ1v) is 8.35. The molecule has 20 heavy (non-hydrogen) atoms. The first kappa shape index (κ1) is 17.2. The van der Waals surface area contributed by atoms with Crippen LogP contribution in [-0.2, 0) is 14.9 Å². The lowest BCUT2D eigenvalue weighted by Gasteiger charge is -2.44. The fourth-order valence-electron chi connectivity index (χ4n) is 2.54. The lowest BCUT2D eigenvalue weighted by molar-refractivity contribution is 0.131. The number of nitrogens with zero attached hydrogens (tertiary/aromatic N) is 1. The highest BCUT2D eigenvalue weighted by Crippen LogP contribution is 2.36. The SMILES string of the molecule is CCOC(=O)NS(=O)(=O)N(C)C1(CN)CCC(C)CC1. The molecule has 1 saturated carbocycles. The van der Waals surface area contributed by atoms with Crippen LogP contribution in [0.3, 0.4) is 0 Å². The number of carbonyl (C=O) groups excluding carboxylic acids is 1. The molecule has 0 aliphatic heterocycles. The van der Waals surface area contributed by atoms with Gasteiger partial charge >= 0.3 is 16.3 Å². The molecule has 0 atom stereocenters. The quantitative estimate of drug-likeness (QED) is 0.783. The number of likely N-dealkylation sites (N-methyl/N-ethyl adjacent to an activating group) is 1. The number of carbonyl (C=O) groups is 1. The molecule has 8 heteroatoms. The summed E-state index contributed by atoms with van der Waals surface area (Å²) in [4.78, 5) is 11.3. The van der Waals surface area contributed by atoms with Crippen LogP contribution in [0.1, 0.15) is 39.5 Å². The Hall–Kier alpha value is -0.860. The summed E-state index contributed by atoms with van der Waals surface area (Å²) in [6.45, 7) is 4.11. The fraction of sp³-hybridized carbons (Fsp3) is 0.917. The minimum atomic E-state index is -3.94. The van der Waals surface area contributed by atoms with E-state index in [1.54, 1.807) is 6.92 Å². The topological polar surface area (TPSA) is 102 Å². The van der Waals surface area contributed by atoms with Crippen molar-refractivity contribution in [2.45, 2.75) is 45.1 Å². The molecular weight excluding hydrogens is 282 g/mol. The number of rotatable bonds is 5. The zero-order valence-corrected chi connectivity index (χ0v) is 13.2. The van der Waals surface area contributed by atoms with Gasteiger partial charge in [0.1, 0.15) is 0 Å². The lowest BCUT2D eigenvalue weighted by atomic mass is 9.77. The third-order valence-corrected chi connectivity index (χ3v) is 5.63. The van der Waals surface area contributed by atoms with Crippen LogP contribution in [0.4, 0.5) is 4.79 Å². The summed E-state index contributed by atoms with van der Waals surface area (Å²) in [6.07, 6.45) is 2.29. The maximum Gasteiger partial charge on any atom is 0.421 e. The fourth-order valence-corrected chi connectivity index (χ4v) is 3.71. The number of hydrogen-bond donors (Lipinski definition) is 2. The van der Waals surface area contributed by atoms with E-state index in [9.17, 15) is 13.2 Å². The Labute approximate surface area is 121 Å². The van der Waals surface area contributed by atoms with E-state index in [0.29, 0.717) is 18.8 Å². The van der Waals surface area contributed by atoms with E-state index in [4.69, 9.17) is 5.73 Å². The van der Waals surface area contributed by atoms with Crippen LogP contribution in [0.2, 0.25) is 0 Å². The van der Waals surface area contributed by atoms with Crippen LogP contribution in [0, 0.1) is 5.92 Å². The van der Waals surface area contributed by atoms with Crippen LogP contribution in [0.15, 0.2) is 0 Å². The van der Waals surface area contributed by atoms with Gasteiger partial charge in [-0.05, 0) is 38.5 Å². The van der Waals surface area contributed by atoms with E-state index in [-0.39, 0.29) is 13.2 Å². The molecule has 0 aromatic rings. The zero-order valence-electron chi connectivity index (χ0n) is 12.4. The molecule has 0 bridgehead atoms. The zero-order chi connectivity index (χ0) is 15.4. The van der Waals surface area contributed by atoms with Crippen molar-refractivity contribution >= 4 is 16.3 Å². The van der Waals surface area contributed by atoms with Crippen molar-refractivity contribution in [1.29, 1.82) is 0 Å². The third-order valence-electron chi connectivity index (χ3n) is 4.10. The molecule has 0 radical (unpaired) electrons. The summed E-state index contributed by atoms with van der Waals surface area (Å²) < 4.78 is 32.2. The lowest BCUT2D eigenvalue weighted by Crippen LogP contribution is -2.59. The molecule has 118 valence electrons. The predicted octanol–water partition coefficient (Wildman–Crippen LogP) is 0.817. The van der Waals surface area contributed by atoms with Crippen molar-refractivity contribution in [1.82, 2.24) is 9.03 Å². The van der Waals surface area contributed by atoms with Crippen molar-refractivity contribution in [2.75, 3.05) is 20.2 Å². The van der Waals surface area contributed by atoms with Crippen molar-refractivity contribution in [3.63, 3.8) is 0 Å². The highest BCUT2D eigenvalue weighted by molar-refractivity contribution is 7.87. The third kappa shape index (κ3) is 3.83. The van der Waals surface area contributed by atoms with E-state index in [1.165, 1.54) is 11.4 Å². The molecule has 3 N–H and O–H groups in total. The van der Waals surface area contributed by atoms with Gasteiger partial charge in [0.25, 0.3) is 0 Å². The van der Waals surface area contributed by atoms with E-state index >= 15 is 0 Å². The van der Waals surface area contributed by atoms with Crippen LogP contribution in [0.25, 0.3) is 0 Å². The molecule has 0 aromatic carbocycles. The second-order valence-electron chi connectivity index (χ2n) is 5.41. The number of nitrogens with one attached hydrogen (secondary N) is 1. The summed E-state index contributed by atoms with van der Waals surface area (Å²) in [6, 6.07) is 0. The Morgan fingerprint density at radius 2 is 2.00 bits per heavy atom. The number of hydrogen-bond acceptors (Lipinski definition) is 5. The second-order valence-corrected chi connectivity index (χ2v) is 7.11. The molecule has 1 aliphatic carbocycles. The predicted molar refractivity (Wildman–Crippen MR) is 76.3 cm³/mol. The highest BCUT2D eigenvalue weighted by atomic mass is 32.2. The molecule has 1 amide bonds. The molecule has 1 rings (SSSR count). The Balaban J connectivity index is 2.84. The molecule has 0 unspecified atom stereocenters. The minimum absolute atomic E-state index is 0.116. The van der Waals surface area contributed by atoms with E-state index < -0.39 is 21.8 Å². The average Bonchev–Trinajstić information content (AvgIpc) is 2.39. The number of ether oxygens (including phenoxy) is 1. The Morgan fingerprint density at radius 3 is 2.45 bits per heavy atom. The normalized spacial score (nSPS) is 27.4. The molecule has 0 spiro atoms. The van der Waals surface area contributed by atoms with E-state index in [0.717, 1.165) is 12.8 Å². The Morgan fingerprint density at radius 1 is 1.45 bits per heavy atom. The van der Waals surface area contributed by atoms with Crippen molar-refractivity contribution < 1.29 is 17.9 Å². The molecule has 7 nitrogen and oxygen atoms in total. The van der Waals surface area contributed by atoms with Crippen LogP contribution in [0.5, 0.6) is 0 Å². The second kappa shape index (κ2) is 6.73. The summed E-state index contributed by atoms with van der Waals surface area (Å²) >= 11 is 0. The van der Waals surface area contributed by atoms with Gasteiger partial charge in [-0.15, -0.1) is 0 Å². The van der Waals surface area contributed by atoms with Crippen molar-refractivity contribution in [2.24, 2.45) is 11.7 Å². The largest absolute Gasteiger partial charge is 0.449 e. The van der Waals surface area contributed by atoms with Gasteiger partial charge in [0.2, 0.25) is 0 Å². The van der Waals surface area contributed by atoms with E-state index in [2.05, 4.69) is 11.7 Å². The van der Waals surface area contributed by atoms with Gasteiger partial charge in [0.05, 0.1) is 6.61 Å². The molecule has 0 heterocycles. The van der Waals surface area contributed by atoms with Crippen molar-refractivity contribution in [3.05, 3.63) is 0 Å². The summed E-state index contributed by atoms with van der Waals surface area (Å²) in [5.74, 6) is 0.573. The summed E-state index contributed by atoms with van der Waals surface area (Å²) in [7, 11) is -2.48. The van der Waals surface area contributed by atoms with Crippen LogP contribution in [-0.4, -0.2) is 44.6 Å². The standard InChI is InChI=1S/C12H25N3O4S/c1-4-19-11(16)14-20(17,18)15(3)12(9-13)7-5-10(2)6-8-12/h10H,4-9,13H2,1-3H3,(H,14,16). The number of amides is 1. The highest BCUT2D eigenvalue weighted by Gasteiger charge is 2.42. The van der Waals surface area contributed by atoms with E-state index in [1.807, 2.05) is 4.72 Å². The molecule has 1 aliphatic rings. The summed E-state index contributed by atoms with van der Waals surface area (Å²) in [5.41, 5.74) is 5.20. The van der Waals surface area contributed by atoms with Gasteiger partial charge in [-0.25, -0.2) is 9.52 Å². The molecular formula is C12H25N3O4S. The van der Waals surface area contributed by atoms with Crippen LogP contribution >= 0.6 is 0 Å². The first-order chi connectivity index (χ1) is 9.27. The summed E-state index contributed by atoms with van der Waals surface area (Å²) in [5, 5.41) is 0. The molecule has 1 fully saturated rings. The Kier molecular flexibility index (Phi) is 5.79. The van der Waals surface area contributed by atoms with Gasteiger partial charge in [0, 0.05) is 19.1 Å². The average molecular weight is 307 g/mol. The molecule has 0 saturated heterocycles. The van der Waals surface area contributed by atoms with Gasteiger partial charge in [-0.3, -0.25) is 0 Å². The smallest absolute Gasteiger partial charge is 0.421 e. The minimum Gasteiger partial charge on any atom is -0.449 e. The van der Waals surface area contributed by atoms with Crippen molar-refractivity contribution in [3.8, 4) is 0 Å². The van der Waals surface area contributed by atoms with Gasteiger partial charge in [0.15, 0.2) is 0 Å². The van der Waals surface area contributed by atoms with Gasteiger partial charge in [-0.2, -0.15) is 12.7 Å². The number of nitrogens with two attached hydrogens (primary N) is 1. The van der Waals surface area contributed by atoms with Gasteiger partial charge < -0.3 is 10.5 Å². The molecule has 0 aromatic heterocycles. The Bertz CT molecular complexity index is 430. The maximum absolute atomic E-state index is 12.2. The van der Waals surface area contributed by atoms with Crippen LogP contribution < -0.4 is 10.5 Å². The monoisotopic (exact) mass is 307 g/mol.